The third-order valence-corrected chi connectivity index (χ3v) is 18.1. The van der Waals surface area contributed by atoms with Crippen molar-refractivity contribution in [2.24, 2.45) is 0 Å². The topological polar surface area (TPSA) is 253 Å². The predicted octanol–water partition coefficient (Wildman–Crippen LogP) is 14.4. The SMILES string of the molecule is O=C(O)CCCC(=O)NCCCC[C@@H](C(=O)NCCCOCCCCOCCCNC(=O)[C@H](CCCCNC(=O)CCCC(=O)O)N(Cc1ccc(OCc2ccccc2)cc1)Cc1ccc(OCc2ccccc2)cc1)N(Cc1ccc(OCc2ccccc2)cc1)Cc1ccc(OCc2ccccc2)cc1. The summed E-state index contributed by atoms with van der Waals surface area (Å²) >= 11 is 0. The molecule has 20 nitrogen and oxygen atoms in total. The summed E-state index contributed by atoms with van der Waals surface area (Å²) < 4.78 is 36.6. The summed E-state index contributed by atoms with van der Waals surface area (Å²) in [5.41, 5.74) is 8.29. The van der Waals surface area contributed by atoms with Gasteiger partial charge in [-0.1, -0.05) is 170 Å². The molecule has 0 bridgehead atoms. The summed E-state index contributed by atoms with van der Waals surface area (Å²) in [5.74, 6) is 0.490. The van der Waals surface area contributed by atoms with Crippen LogP contribution in [0.3, 0.4) is 0 Å². The van der Waals surface area contributed by atoms with Crippen LogP contribution < -0.4 is 40.2 Å². The molecule has 0 spiro atoms. The van der Waals surface area contributed by atoms with Crippen LogP contribution in [0, 0.1) is 0 Å². The fourth-order valence-corrected chi connectivity index (χ4v) is 12.2. The van der Waals surface area contributed by atoms with Crippen molar-refractivity contribution in [1.82, 2.24) is 31.1 Å². The van der Waals surface area contributed by atoms with Crippen molar-refractivity contribution in [3.05, 3.63) is 263 Å². The first-order valence-corrected chi connectivity index (χ1v) is 38.1. The Morgan fingerprint density at radius 1 is 0.287 bits per heavy atom. The molecule has 0 aliphatic heterocycles. The zero-order chi connectivity index (χ0) is 75.9. The van der Waals surface area contributed by atoms with E-state index >= 15 is 0 Å². The lowest BCUT2D eigenvalue weighted by atomic mass is 10.0. The van der Waals surface area contributed by atoms with Gasteiger partial charge in [0.25, 0.3) is 0 Å². The molecule has 0 aliphatic rings. The monoisotopic (exact) mass is 1470 g/mol. The summed E-state index contributed by atoms with van der Waals surface area (Å²) in [6.07, 6.45) is 7.03. The van der Waals surface area contributed by atoms with Crippen LogP contribution >= 0.6 is 0 Å². The molecule has 8 aromatic rings. The summed E-state index contributed by atoms with van der Waals surface area (Å²) in [6, 6.07) is 70.9. The predicted molar refractivity (Wildman–Crippen MR) is 418 cm³/mol. The molecule has 0 radical (unpaired) electrons. The lowest BCUT2D eigenvalue weighted by molar-refractivity contribution is -0.138. The zero-order valence-corrected chi connectivity index (χ0v) is 62.3. The van der Waals surface area contributed by atoms with Crippen molar-refractivity contribution in [3.8, 4) is 23.0 Å². The Kier molecular flexibility index (Phi) is 38.1. The van der Waals surface area contributed by atoms with E-state index in [1.165, 1.54) is 0 Å². The fourth-order valence-electron chi connectivity index (χ4n) is 12.2. The van der Waals surface area contributed by atoms with Crippen molar-refractivity contribution in [3.63, 3.8) is 0 Å². The quantitative estimate of drug-likeness (QED) is 0.0194. The minimum Gasteiger partial charge on any atom is -0.489 e. The summed E-state index contributed by atoms with van der Waals surface area (Å²) in [4.78, 5) is 80.7. The molecule has 108 heavy (non-hydrogen) atoms. The van der Waals surface area contributed by atoms with Gasteiger partial charge in [-0.15, -0.1) is 0 Å². The van der Waals surface area contributed by atoms with Crippen LogP contribution in [0.4, 0.5) is 0 Å². The lowest BCUT2D eigenvalue weighted by Crippen LogP contribution is -2.46. The van der Waals surface area contributed by atoms with E-state index in [9.17, 15) is 28.8 Å². The third kappa shape index (κ3) is 34.0. The van der Waals surface area contributed by atoms with Gasteiger partial charge < -0.3 is 59.9 Å². The van der Waals surface area contributed by atoms with Gasteiger partial charge in [0.2, 0.25) is 23.6 Å². The number of carbonyl (C=O) groups is 6. The minimum absolute atomic E-state index is 0.0679. The average Bonchev–Trinajstić information content (AvgIpc) is 0.848. The van der Waals surface area contributed by atoms with Gasteiger partial charge in [0.05, 0.1) is 12.1 Å². The van der Waals surface area contributed by atoms with E-state index in [1.807, 2.05) is 218 Å². The second-order valence-corrected chi connectivity index (χ2v) is 26.9. The number of aliphatic carboxylic acids is 2. The van der Waals surface area contributed by atoms with Gasteiger partial charge >= 0.3 is 11.9 Å². The van der Waals surface area contributed by atoms with Crippen LogP contribution in [-0.4, -0.2) is 120 Å². The number of benzene rings is 8. The van der Waals surface area contributed by atoms with E-state index in [0.717, 1.165) is 80.3 Å². The van der Waals surface area contributed by atoms with E-state index in [1.54, 1.807) is 0 Å². The van der Waals surface area contributed by atoms with Gasteiger partial charge in [0.15, 0.2) is 0 Å². The highest BCUT2D eigenvalue weighted by molar-refractivity contribution is 5.82. The molecule has 0 saturated carbocycles. The first-order chi connectivity index (χ1) is 52.9. The number of nitrogens with zero attached hydrogens (tertiary/aromatic N) is 2. The van der Waals surface area contributed by atoms with Gasteiger partial charge in [0, 0.05) is 104 Å². The third-order valence-electron chi connectivity index (χ3n) is 18.1. The maximum Gasteiger partial charge on any atom is 0.303 e. The van der Waals surface area contributed by atoms with Gasteiger partial charge in [0.1, 0.15) is 49.4 Å². The number of unbranched alkanes of at least 4 members (excludes halogenated alkanes) is 3. The molecular formula is C88H108N6O14. The molecule has 0 saturated heterocycles. The van der Waals surface area contributed by atoms with Gasteiger partial charge in [-0.05, 0) is 170 Å². The Balaban J connectivity index is 0.816. The Bertz CT molecular complexity index is 3410. The molecule has 2 atom stereocenters. The van der Waals surface area contributed by atoms with E-state index in [4.69, 9.17) is 38.6 Å². The molecule has 0 unspecified atom stereocenters. The molecule has 0 fully saturated rings. The maximum absolute atomic E-state index is 14.6. The molecule has 0 aromatic heterocycles. The van der Waals surface area contributed by atoms with Crippen LogP contribution in [0.2, 0.25) is 0 Å². The number of ether oxygens (including phenoxy) is 6. The molecule has 0 heterocycles. The lowest BCUT2D eigenvalue weighted by Gasteiger charge is -2.31. The van der Waals surface area contributed by atoms with Crippen LogP contribution in [0.25, 0.3) is 0 Å². The Morgan fingerprint density at radius 2 is 0.556 bits per heavy atom. The minimum atomic E-state index is -0.934. The maximum atomic E-state index is 14.6. The number of hydrogen-bond donors (Lipinski definition) is 6. The number of carboxylic acids is 2. The molecule has 0 aliphatic carbocycles. The first-order valence-electron chi connectivity index (χ1n) is 38.1. The van der Waals surface area contributed by atoms with Gasteiger partial charge in [-0.2, -0.15) is 0 Å². The summed E-state index contributed by atoms with van der Waals surface area (Å²) in [7, 11) is 0. The van der Waals surface area contributed by atoms with Crippen molar-refractivity contribution in [2.45, 2.75) is 167 Å². The van der Waals surface area contributed by atoms with Crippen LogP contribution in [0.15, 0.2) is 218 Å². The van der Waals surface area contributed by atoms with Crippen molar-refractivity contribution >= 4 is 35.6 Å². The van der Waals surface area contributed by atoms with E-state index in [2.05, 4.69) is 31.1 Å². The van der Waals surface area contributed by atoms with Crippen LogP contribution in [-0.2, 0) is 90.8 Å². The number of hydrogen-bond acceptors (Lipinski definition) is 14. The highest BCUT2D eigenvalue weighted by Gasteiger charge is 2.28. The Morgan fingerprint density at radius 3 is 0.833 bits per heavy atom. The number of amides is 4. The van der Waals surface area contributed by atoms with E-state index in [0.29, 0.717) is 157 Å². The molecule has 574 valence electrons. The standard InChI is InChI=1S/C88H108N6O14/c95-83(33-19-35-85(97)98)89-53-15-13-31-81(93(61-69-37-45-77(46-38-69)105-65-73-23-5-1-6-24-73)62-70-39-47-78(48-40-70)106-66-74-25-7-2-8-26-74)87(101)91-55-21-59-103-57-17-18-58-104-60-22-56-92-88(102)82(32-14-16-54-90-84(96)34-20-36-86(99)100)94(63-71-41-49-79(50-42-71)107-67-75-27-9-3-10-28-75)64-72-43-51-80(52-44-72)108-68-76-29-11-4-12-30-76/h1-12,23-30,37-52,81-82H,13-22,31-36,53-68H2,(H,89,95)(H,90,96)(H,91,101)(H,92,102)(H,97,98)(H,99,100)/t81-,82-/m0/s1. The van der Waals surface area contributed by atoms with Crippen LogP contribution in [0.5, 0.6) is 23.0 Å². The average molecular weight is 1470 g/mol. The highest BCUT2D eigenvalue weighted by atomic mass is 16.5. The number of carbonyl (C=O) groups excluding carboxylic acids is 4. The number of nitrogens with one attached hydrogen (secondary N) is 4. The first kappa shape index (κ1) is 83.3. The molecule has 20 heteroatoms. The second-order valence-electron chi connectivity index (χ2n) is 26.9. The Labute approximate surface area is 636 Å². The summed E-state index contributed by atoms with van der Waals surface area (Å²) in [5, 5.41) is 30.4. The smallest absolute Gasteiger partial charge is 0.303 e. The Hall–Kier alpha value is -10.4. The van der Waals surface area contributed by atoms with E-state index < -0.39 is 24.0 Å². The van der Waals surface area contributed by atoms with Gasteiger partial charge in [-0.3, -0.25) is 38.6 Å². The molecular weight excluding hydrogens is 1360 g/mol. The normalized spacial score (nSPS) is 11.7. The van der Waals surface area contributed by atoms with E-state index in [-0.39, 0.29) is 62.2 Å². The largest absolute Gasteiger partial charge is 0.489 e. The number of rotatable bonds is 55. The van der Waals surface area contributed by atoms with Crippen LogP contribution in [0.1, 0.15) is 147 Å². The zero-order valence-electron chi connectivity index (χ0n) is 62.3. The highest BCUT2D eigenvalue weighted by Crippen LogP contribution is 2.26. The molecule has 6 N–H and O–H groups in total. The van der Waals surface area contributed by atoms with Crippen molar-refractivity contribution in [1.29, 1.82) is 0 Å². The fraction of sp³-hybridized carbons (Fsp3) is 0.386. The van der Waals surface area contributed by atoms with Gasteiger partial charge in [-0.25, -0.2) is 0 Å². The second kappa shape index (κ2) is 49.5. The molecule has 8 aromatic carbocycles. The van der Waals surface area contributed by atoms with Crippen molar-refractivity contribution < 1.29 is 67.4 Å². The summed E-state index contributed by atoms with van der Waals surface area (Å²) in [6.45, 7) is 7.22. The van der Waals surface area contributed by atoms with Crippen molar-refractivity contribution in [2.75, 3.05) is 52.6 Å². The number of carboxylic acid groups (broad SMARTS) is 2. The molecule has 4 amide bonds. The molecule has 8 rings (SSSR count).